The summed E-state index contributed by atoms with van der Waals surface area (Å²) in [5, 5.41) is 21.3. The molecule has 190 valence electrons. The van der Waals surface area contributed by atoms with Crippen LogP contribution in [-0.2, 0) is 4.79 Å². The average Bonchev–Trinajstić information content (AvgIpc) is 3.39. The number of likely N-dealkylation sites (tertiary alicyclic amines) is 1. The van der Waals surface area contributed by atoms with E-state index in [2.05, 4.69) is 34.5 Å². The van der Waals surface area contributed by atoms with Crippen LogP contribution >= 0.6 is 11.6 Å². The number of carbonyl (C=O) groups excluding carboxylic acids is 1. The van der Waals surface area contributed by atoms with Crippen molar-refractivity contribution in [3.8, 4) is 22.5 Å². The molecule has 0 saturated carbocycles. The van der Waals surface area contributed by atoms with Crippen molar-refractivity contribution in [1.82, 2.24) is 25.1 Å². The van der Waals surface area contributed by atoms with Gasteiger partial charge in [0.1, 0.15) is 12.3 Å². The minimum Gasteiger partial charge on any atom is -0.387 e. The minimum atomic E-state index is -0.460. The molecule has 1 fully saturated rings. The van der Waals surface area contributed by atoms with Gasteiger partial charge in [-0.3, -0.25) is 9.89 Å². The maximum absolute atomic E-state index is 12.0. The van der Waals surface area contributed by atoms with E-state index in [1.807, 2.05) is 48.5 Å². The molecular formula is C28H29ClN6O2. The molecular weight excluding hydrogens is 488 g/mol. The van der Waals surface area contributed by atoms with E-state index in [0.717, 1.165) is 46.6 Å². The second-order valence-corrected chi connectivity index (χ2v) is 9.66. The van der Waals surface area contributed by atoms with Crippen molar-refractivity contribution < 1.29 is 9.90 Å². The highest BCUT2D eigenvalue weighted by molar-refractivity contribution is 6.30. The molecule has 0 bridgehead atoms. The number of rotatable bonds is 7. The number of aliphatic hydroxyl groups excluding tert-OH is 1. The van der Waals surface area contributed by atoms with E-state index in [0.29, 0.717) is 24.1 Å². The Morgan fingerprint density at radius 1 is 1.14 bits per heavy atom. The van der Waals surface area contributed by atoms with Crippen molar-refractivity contribution in [2.24, 2.45) is 0 Å². The predicted molar refractivity (Wildman–Crippen MR) is 144 cm³/mol. The van der Waals surface area contributed by atoms with Gasteiger partial charge in [-0.1, -0.05) is 54.1 Å². The van der Waals surface area contributed by atoms with Crippen LogP contribution in [0.3, 0.4) is 0 Å². The molecule has 0 unspecified atom stereocenters. The second kappa shape index (κ2) is 11.1. The summed E-state index contributed by atoms with van der Waals surface area (Å²) in [4.78, 5) is 23.0. The van der Waals surface area contributed by atoms with Crippen molar-refractivity contribution in [2.45, 2.75) is 31.7 Å². The molecule has 1 atom stereocenters. The number of nitrogens with one attached hydrogen (secondary N) is 2. The zero-order valence-electron chi connectivity index (χ0n) is 20.6. The normalized spacial score (nSPS) is 14.9. The van der Waals surface area contributed by atoms with Crippen LogP contribution in [0, 0.1) is 0 Å². The molecule has 1 aliphatic rings. The average molecular weight is 517 g/mol. The van der Waals surface area contributed by atoms with Crippen LogP contribution in [0.5, 0.6) is 0 Å². The topological polar surface area (TPSA) is 107 Å². The Morgan fingerprint density at radius 2 is 1.86 bits per heavy atom. The molecule has 2 aromatic carbocycles. The molecule has 0 spiro atoms. The van der Waals surface area contributed by atoms with Gasteiger partial charge in [0.05, 0.1) is 11.7 Å². The SMILES string of the molecule is C[C@@H](Nc1nccc(-c2c(-c3ccc(Cl)cc3)n[nH]c2C2CCN(C(=O)CO)CC2)n1)c1ccccc1. The number of carbonyl (C=O) groups is 1. The molecule has 2 aromatic heterocycles. The second-order valence-electron chi connectivity index (χ2n) is 9.22. The lowest BCUT2D eigenvalue weighted by atomic mass is 9.89. The Kier molecular flexibility index (Phi) is 7.48. The van der Waals surface area contributed by atoms with Crippen molar-refractivity contribution in [3.05, 3.63) is 83.1 Å². The van der Waals surface area contributed by atoms with Crippen molar-refractivity contribution >= 4 is 23.5 Å². The third-order valence-electron chi connectivity index (χ3n) is 6.86. The molecule has 1 amide bonds. The standard InChI is InChI=1S/C28H29ClN6O2/c1-18(19-5-3-2-4-6-19)31-28-30-14-11-23(32-28)25-26(20-7-9-22(29)10-8-20)33-34-27(25)21-12-15-35(16-13-21)24(37)17-36/h2-11,14,18,21,36H,12-13,15-17H2,1H3,(H,33,34)(H,30,31,32)/t18-/m1/s1. The number of hydrogen-bond acceptors (Lipinski definition) is 6. The summed E-state index contributed by atoms with van der Waals surface area (Å²) in [6, 6.07) is 19.7. The number of H-pyrrole nitrogens is 1. The van der Waals surface area contributed by atoms with Gasteiger partial charge in [-0.05, 0) is 43.5 Å². The highest BCUT2D eigenvalue weighted by atomic mass is 35.5. The molecule has 0 radical (unpaired) electrons. The number of hydrogen-bond donors (Lipinski definition) is 3. The van der Waals surface area contributed by atoms with Gasteiger partial charge in [-0.15, -0.1) is 0 Å². The van der Waals surface area contributed by atoms with Crippen LogP contribution < -0.4 is 5.32 Å². The Morgan fingerprint density at radius 3 is 2.57 bits per heavy atom. The first-order valence-electron chi connectivity index (χ1n) is 12.4. The minimum absolute atomic E-state index is 0.0318. The predicted octanol–water partition coefficient (Wildman–Crippen LogP) is 5.06. The van der Waals surface area contributed by atoms with E-state index < -0.39 is 6.61 Å². The van der Waals surface area contributed by atoms with Gasteiger partial charge in [0.15, 0.2) is 0 Å². The first-order valence-corrected chi connectivity index (χ1v) is 12.8. The molecule has 4 aromatic rings. The summed E-state index contributed by atoms with van der Waals surface area (Å²) in [5.41, 5.74) is 5.54. The lowest BCUT2D eigenvalue weighted by molar-refractivity contribution is -0.135. The number of anilines is 1. The van der Waals surface area contributed by atoms with Gasteiger partial charge >= 0.3 is 0 Å². The Bertz CT molecular complexity index is 1350. The number of amides is 1. The van der Waals surface area contributed by atoms with Gasteiger partial charge in [-0.25, -0.2) is 9.97 Å². The fourth-order valence-electron chi connectivity index (χ4n) is 4.83. The van der Waals surface area contributed by atoms with Gasteiger partial charge in [-0.2, -0.15) is 5.10 Å². The molecule has 5 rings (SSSR count). The van der Waals surface area contributed by atoms with Crippen LogP contribution in [0.15, 0.2) is 66.9 Å². The van der Waals surface area contributed by atoms with Crippen LogP contribution in [0.25, 0.3) is 22.5 Å². The van der Waals surface area contributed by atoms with Crippen LogP contribution in [-0.4, -0.2) is 55.8 Å². The molecule has 3 heterocycles. The first-order chi connectivity index (χ1) is 18.0. The molecule has 8 nitrogen and oxygen atoms in total. The fourth-order valence-corrected chi connectivity index (χ4v) is 4.96. The van der Waals surface area contributed by atoms with E-state index in [9.17, 15) is 9.90 Å². The third-order valence-corrected chi connectivity index (χ3v) is 7.11. The molecule has 9 heteroatoms. The molecule has 3 N–H and O–H groups in total. The number of nitrogens with zero attached hydrogens (tertiary/aromatic N) is 4. The molecule has 1 aliphatic heterocycles. The van der Waals surface area contributed by atoms with Crippen molar-refractivity contribution in [2.75, 3.05) is 25.0 Å². The van der Waals surface area contributed by atoms with Crippen LogP contribution in [0.1, 0.15) is 43.0 Å². The van der Waals surface area contributed by atoms with Crippen LogP contribution in [0.2, 0.25) is 5.02 Å². The quantitative estimate of drug-likeness (QED) is 0.317. The van der Waals surface area contributed by atoms with E-state index >= 15 is 0 Å². The van der Waals surface area contributed by atoms with Gasteiger partial charge < -0.3 is 15.3 Å². The highest BCUT2D eigenvalue weighted by Gasteiger charge is 2.29. The summed E-state index contributed by atoms with van der Waals surface area (Å²) in [6.07, 6.45) is 3.29. The van der Waals surface area contributed by atoms with E-state index in [-0.39, 0.29) is 17.9 Å². The lowest BCUT2D eigenvalue weighted by Crippen LogP contribution is -2.39. The van der Waals surface area contributed by atoms with E-state index in [4.69, 9.17) is 21.7 Å². The number of halogens is 1. The zero-order chi connectivity index (χ0) is 25.8. The number of aromatic amines is 1. The molecule has 0 aliphatic carbocycles. The summed E-state index contributed by atoms with van der Waals surface area (Å²) < 4.78 is 0. The van der Waals surface area contributed by atoms with E-state index in [1.165, 1.54) is 0 Å². The highest BCUT2D eigenvalue weighted by Crippen LogP contribution is 2.39. The van der Waals surface area contributed by atoms with Crippen LogP contribution in [0.4, 0.5) is 5.95 Å². The van der Waals surface area contributed by atoms with Gasteiger partial charge in [0.25, 0.3) is 0 Å². The van der Waals surface area contributed by atoms with Crippen molar-refractivity contribution in [1.29, 1.82) is 0 Å². The number of aliphatic hydroxyl groups is 1. The molecule has 1 saturated heterocycles. The smallest absolute Gasteiger partial charge is 0.248 e. The maximum atomic E-state index is 12.0. The third kappa shape index (κ3) is 5.50. The largest absolute Gasteiger partial charge is 0.387 e. The Labute approximate surface area is 220 Å². The Hall–Kier alpha value is -3.75. The van der Waals surface area contributed by atoms with E-state index in [1.54, 1.807) is 11.1 Å². The summed E-state index contributed by atoms with van der Waals surface area (Å²) >= 11 is 6.15. The zero-order valence-corrected chi connectivity index (χ0v) is 21.3. The number of piperidine rings is 1. The summed E-state index contributed by atoms with van der Waals surface area (Å²) in [6.45, 7) is 2.79. The molecule has 37 heavy (non-hydrogen) atoms. The van der Waals surface area contributed by atoms with Gasteiger partial charge in [0.2, 0.25) is 11.9 Å². The number of aromatic nitrogens is 4. The first kappa shape index (κ1) is 24.9. The monoisotopic (exact) mass is 516 g/mol. The Balaban J connectivity index is 1.49. The van der Waals surface area contributed by atoms with Crippen molar-refractivity contribution in [3.63, 3.8) is 0 Å². The van der Waals surface area contributed by atoms with Gasteiger partial charge in [0, 0.05) is 47.0 Å². The summed E-state index contributed by atoms with van der Waals surface area (Å²) in [7, 11) is 0. The summed E-state index contributed by atoms with van der Waals surface area (Å²) in [5.74, 6) is 0.469. The maximum Gasteiger partial charge on any atom is 0.248 e. The lowest BCUT2D eigenvalue weighted by Gasteiger charge is -2.31. The number of benzene rings is 2. The fraction of sp³-hybridized carbons (Fsp3) is 0.286.